The first kappa shape index (κ1) is 18.3. The molecule has 0 spiro atoms. The zero-order chi connectivity index (χ0) is 17.5. The second-order valence-electron chi connectivity index (χ2n) is 5.63. The lowest BCUT2D eigenvalue weighted by atomic mass is 10.3. The highest BCUT2D eigenvalue weighted by molar-refractivity contribution is 6.30. The minimum Gasteiger partial charge on any atom is -0.486 e. The first-order valence-corrected chi connectivity index (χ1v) is 7.90. The summed E-state index contributed by atoms with van der Waals surface area (Å²) in [6.07, 6.45) is -0.633. The largest absolute Gasteiger partial charge is 0.486 e. The number of nitrogens with zero attached hydrogens (tertiary/aromatic N) is 1. The van der Waals surface area contributed by atoms with Gasteiger partial charge in [-0.15, -0.1) is 0 Å². The van der Waals surface area contributed by atoms with E-state index in [1.165, 1.54) is 0 Å². The molecular formula is C17H21ClN2O4. The maximum absolute atomic E-state index is 12.0. The van der Waals surface area contributed by atoms with E-state index in [4.69, 9.17) is 20.8 Å². The normalized spacial score (nSPS) is 12.2. The van der Waals surface area contributed by atoms with Crippen LogP contribution < -0.4 is 10.1 Å². The molecule has 2 aromatic rings. The molecule has 1 amide bonds. The summed E-state index contributed by atoms with van der Waals surface area (Å²) in [4.78, 5) is 13.8. The van der Waals surface area contributed by atoms with Gasteiger partial charge in [-0.3, -0.25) is 4.79 Å². The summed E-state index contributed by atoms with van der Waals surface area (Å²) in [5.41, 5.74) is 0. The minimum absolute atomic E-state index is 0.161. The Balaban J connectivity index is 1.81. The second kappa shape index (κ2) is 8.73. The highest BCUT2D eigenvalue weighted by Crippen LogP contribution is 2.17. The Hall–Kier alpha value is -2.02. The molecule has 0 radical (unpaired) electrons. The number of rotatable bonds is 8. The van der Waals surface area contributed by atoms with E-state index in [9.17, 15) is 9.90 Å². The van der Waals surface area contributed by atoms with Gasteiger partial charge >= 0.3 is 0 Å². The number of benzene rings is 1. The van der Waals surface area contributed by atoms with Crippen LogP contribution in [0.3, 0.4) is 0 Å². The third-order valence-corrected chi connectivity index (χ3v) is 3.41. The lowest BCUT2D eigenvalue weighted by molar-refractivity contribution is 0.0863. The Morgan fingerprint density at radius 2 is 2.00 bits per heavy atom. The molecule has 0 aliphatic carbocycles. The van der Waals surface area contributed by atoms with E-state index in [1.807, 2.05) is 19.0 Å². The molecule has 1 aromatic carbocycles. The van der Waals surface area contributed by atoms with Gasteiger partial charge in [0.1, 0.15) is 18.1 Å². The van der Waals surface area contributed by atoms with Crippen LogP contribution in [0, 0.1) is 0 Å². The van der Waals surface area contributed by atoms with Crippen molar-refractivity contribution in [2.45, 2.75) is 12.7 Å². The summed E-state index contributed by atoms with van der Waals surface area (Å²) in [5, 5.41) is 13.0. The van der Waals surface area contributed by atoms with E-state index in [2.05, 4.69) is 5.32 Å². The lowest BCUT2D eigenvalue weighted by Gasteiger charge is -2.15. The van der Waals surface area contributed by atoms with Crippen molar-refractivity contribution in [3.8, 4) is 5.75 Å². The van der Waals surface area contributed by atoms with Gasteiger partial charge in [-0.1, -0.05) is 11.6 Å². The number of carbonyl (C=O) groups excluding carboxylic acids is 1. The van der Waals surface area contributed by atoms with E-state index in [0.717, 1.165) is 0 Å². The van der Waals surface area contributed by atoms with Gasteiger partial charge in [0.25, 0.3) is 5.91 Å². The number of amides is 1. The number of ether oxygens (including phenoxy) is 1. The molecule has 130 valence electrons. The quantitative estimate of drug-likeness (QED) is 0.761. The molecule has 1 atom stereocenters. The Morgan fingerprint density at radius 3 is 2.67 bits per heavy atom. The molecule has 2 rings (SSSR count). The molecule has 0 aliphatic rings. The van der Waals surface area contributed by atoms with Crippen molar-refractivity contribution in [3.63, 3.8) is 0 Å². The third-order valence-electron chi connectivity index (χ3n) is 3.15. The average Bonchev–Trinajstić information content (AvgIpc) is 3.00. The van der Waals surface area contributed by atoms with Crippen molar-refractivity contribution < 1.29 is 19.1 Å². The topological polar surface area (TPSA) is 74.9 Å². The van der Waals surface area contributed by atoms with Crippen molar-refractivity contribution >= 4 is 17.5 Å². The fraction of sp³-hybridized carbons (Fsp3) is 0.353. The van der Waals surface area contributed by atoms with Gasteiger partial charge in [0.15, 0.2) is 5.76 Å². The van der Waals surface area contributed by atoms with Crippen molar-refractivity contribution in [1.29, 1.82) is 0 Å². The summed E-state index contributed by atoms with van der Waals surface area (Å²) >= 11 is 5.81. The number of carbonyl (C=O) groups is 1. The molecule has 0 bridgehead atoms. The Morgan fingerprint density at radius 1 is 1.29 bits per heavy atom. The molecule has 7 heteroatoms. The molecule has 0 fully saturated rings. The van der Waals surface area contributed by atoms with Crippen LogP contribution in [0.25, 0.3) is 0 Å². The number of halogens is 1. The van der Waals surface area contributed by atoms with Gasteiger partial charge in [-0.2, -0.15) is 0 Å². The molecule has 1 heterocycles. The Bertz CT molecular complexity index is 655. The molecule has 0 saturated heterocycles. The van der Waals surface area contributed by atoms with Crippen LogP contribution in [0.1, 0.15) is 16.3 Å². The van der Waals surface area contributed by atoms with Crippen LogP contribution in [0.5, 0.6) is 5.75 Å². The summed E-state index contributed by atoms with van der Waals surface area (Å²) in [7, 11) is 3.70. The maximum Gasteiger partial charge on any atom is 0.287 e. The Labute approximate surface area is 146 Å². The number of aliphatic hydroxyl groups is 1. The van der Waals surface area contributed by atoms with Gasteiger partial charge in [0.05, 0.1) is 6.10 Å². The van der Waals surface area contributed by atoms with Gasteiger partial charge in [-0.05, 0) is 50.5 Å². The van der Waals surface area contributed by atoms with Crippen molar-refractivity contribution in [3.05, 3.63) is 52.9 Å². The highest BCUT2D eigenvalue weighted by Gasteiger charge is 2.13. The average molecular weight is 353 g/mol. The fourth-order valence-electron chi connectivity index (χ4n) is 2.05. The summed E-state index contributed by atoms with van der Waals surface area (Å²) in [6.45, 7) is 0.838. The van der Waals surface area contributed by atoms with E-state index >= 15 is 0 Å². The molecule has 6 nitrogen and oxygen atoms in total. The smallest absolute Gasteiger partial charge is 0.287 e. The number of furan rings is 1. The van der Waals surface area contributed by atoms with Crippen LogP contribution >= 0.6 is 11.6 Å². The van der Waals surface area contributed by atoms with Gasteiger partial charge < -0.3 is 24.5 Å². The molecule has 24 heavy (non-hydrogen) atoms. The number of hydrogen-bond acceptors (Lipinski definition) is 5. The van der Waals surface area contributed by atoms with Crippen molar-refractivity contribution in [2.24, 2.45) is 0 Å². The zero-order valence-electron chi connectivity index (χ0n) is 13.7. The third kappa shape index (κ3) is 5.88. The van der Waals surface area contributed by atoms with E-state index in [-0.39, 0.29) is 24.8 Å². The number of aliphatic hydroxyl groups excluding tert-OH is 1. The molecule has 0 aliphatic heterocycles. The predicted molar refractivity (Wildman–Crippen MR) is 91.4 cm³/mol. The van der Waals surface area contributed by atoms with Gasteiger partial charge in [-0.25, -0.2) is 0 Å². The number of likely N-dealkylation sites (N-methyl/N-ethyl adjacent to an activating group) is 1. The standard InChI is InChI=1S/C17H21ClN2O4/c1-20(2)10-13(21)9-19-17(22)16-8-7-15(24-16)11-23-14-5-3-12(18)4-6-14/h3-8,13,21H,9-11H2,1-2H3,(H,19,22). The summed E-state index contributed by atoms with van der Waals surface area (Å²) in [6, 6.07) is 10.2. The fourth-order valence-corrected chi connectivity index (χ4v) is 2.17. The first-order valence-electron chi connectivity index (χ1n) is 7.52. The second-order valence-corrected chi connectivity index (χ2v) is 6.07. The Kier molecular flexibility index (Phi) is 6.66. The van der Waals surface area contributed by atoms with Crippen LogP contribution in [0.4, 0.5) is 0 Å². The molecule has 1 aromatic heterocycles. The van der Waals surface area contributed by atoms with Crippen molar-refractivity contribution in [2.75, 3.05) is 27.2 Å². The minimum atomic E-state index is -0.633. The molecule has 1 unspecified atom stereocenters. The van der Waals surface area contributed by atoms with E-state index in [1.54, 1.807) is 36.4 Å². The maximum atomic E-state index is 12.0. The summed E-state index contributed by atoms with van der Waals surface area (Å²) < 4.78 is 11.0. The van der Waals surface area contributed by atoms with E-state index < -0.39 is 6.10 Å². The van der Waals surface area contributed by atoms with Crippen molar-refractivity contribution in [1.82, 2.24) is 10.2 Å². The van der Waals surface area contributed by atoms with Crippen LogP contribution in [0.2, 0.25) is 5.02 Å². The van der Waals surface area contributed by atoms with Crippen LogP contribution in [0.15, 0.2) is 40.8 Å². The predicted octanol–water partition coefficient (Wildman–Crippen LogP) is 2.16. The van der Waals surface area contributed by atoms with Gasteiger partial charge in [0.2, 0.25) is 0 Å². The SMILES string of the molecule is CN(C)CC(O)CNC(=O)c1ccc(COc2ccc(Cl)cc2)o1. The molecule has 2 N–H and O–H groups in total. The summed E-state index contributed by atoms with van der Waals surface area (Å²) in [5.74, 6) is 1.00. The van der Waals surface area contributed by atoms with Crippen LogP contribution in [-0.2, 0) is 6.61 Å². The lowest BCUT2D eigenvalue weighted by Crippen LogP contribution is -2.37. The number of nitrogens with one attached hydrogen (secondary N) is 1. The molecule has 0 saturated carbocycles. The number of hydrogen-bond donors (Lipinski definition) is 2. The van der Waals surface area contributed by atoms with E-state index in [0.29, 0.717) is 23.1 Å². The molecular weight excluding hydrogens is 332 g/mol. The highest BCUT2D eigenvalue weighted by atomic mass is 35.5. The zero-order valence-corrected chi connectivity index (χ0v) is 14.4. The first-order chi connectivity index (χ1) is 11.4. The van der Waals surface area contributed by atoms with Crippen LogP contribution in [-0.4, -0.2) is 49.2 Å². The monoisotopic (exact) mass is 352 g/mol. The van der Waals surface area contributed by atoms with Gasteiger partial charge in [0, 0.05) is 18.1 Å².